The van der Waals surface area contributed by atoms with Crippen LogP contribution in [0.15, 0.2) is 48.8 Å². The van der Waals surface area contributed by atoms with Crippen LogP contribution in [0, 0.1) is 51.9 Å². The third kappa shape index (κ3) is 5.34. The Balaban J connectivity index is 0.00000306. The average molecular weight is 674 g/mol. The number of hydrogen-bond acceptors (Lipinski definition) is 5. The van der Waals surface area contributed by atoms with E-state index in [9.17, 15) is 18.0 Å². The van der Waals surface area contributed by atoms with Crippen molar-refractivity contribution in [3.63, 3.8) is 0 Å². The number of fused-ring (bicyclic) bond motifs is 1. The molecule has 0 saturated heterocycles. The van der Waals surface area contributed by atoms with E-state index in [0.29, 0.717) is 17.2 Å². The van der Waals surface area contributed by atoms with Gasteiger partial charge in [-0.05, 0) is 61.1 Å². The van der Waals surface area contributed by atoms with Gasteiger partial charge in [-0.1, -0.05) is 6.07 Å². The van der Waals surface area contributed by atoms with Crippen molar-refractivity contribution in [1.29, 1.82) is 0 Å². The molecule has 0 aliphatic carbocycles. The Morgan fingerprint density at radius 1 is 1.00 bits per heavy atom. The summed E-state index contributed by atoms with van der Waals surface area (Å²) in [4.78, 5) is 28.7. The molecule has 0 atom stereocenters. The van der Waals surface area contributed by atoms with E-state index in [1.165, 1.54) is 6.07 Å². The van der Waals surface area contributed by atoms with E-state index in [-0.39, 0.29) is 36.7 Å². The Bertz CT molecular complexity index is 1360. The first-order valence-corrected chi connectivity index (χ1v) is 9.54. The number of anilines is 1. The summed E-state index contributed by atoms with van der Waals surface area (Å²) in [5, 5.41) is 3.39. The zero-order valence-electron chi connectivity index (χ0n) is 17.7. The molecule has 0 unspecified atom stereocenters. The van der Waals surface area contributed by atoms with Gasteiger partial charge in [0.2, 0.25) is 0 Å². The van der Waals surface area contributed by atoms with Crippen molar-refractivity contribution in [3.05, 3.63) is 84.1 Å². The van der Waals surface area contributed by atoms with Crippen molar-refractivity contribution in [2.45, 2.75) is 20.0 Å². The van der Waals surface area contributed by atoms with Crippen LogP contribution in [-0.4, -0.2) is 25.8 Å². The first kappa shape index (κ1) is 24.7. The van der Waals surface area contributed by atoms with Gasteiger partial charge in [0.15, 0.2) is 5.65 Å². The van der Waals surface area contributed by atoms with E-state index in [1.54, 1.807) is 18.3 Å². The van der Waals surface area contributed by atoms with Crippen LogP contribution in [0.4, 0.5) is 18.9 Å². The zero-order chi connectivity index (χ0) is 23.0. The quantitative estimate of drug-likeness (QED) is 0.304. The molecule has 4 rings (SSSR count). The van der Waals surface area contributed by atoms with Gasteiger partial charge in [0.25, 0.3) is 5.91 Å². The van der Waals surface area contributed by atoms with Crippen LogP contribution in [0.5, 0.6) is 0 Å². The van der Waals surface area contributed by atoms with Crippen LogP contribution in [0.2, 0.25) is 0 Å². The third-order valence-electron chi connectivity index (χ3n) is 4.91. The third-order valence-corrected chi connectivity index (χ3v) is 4.91. The Morgan fingerprint density at radius 2 is 1.76 bits per heavy atom. The summed E-state index contributed by atoms with van der Waals surface area (Å²) in [6.07, 6.45) is -2.03. The first-order chi connectivity index (χ1) is 15.1. The second-order valence-electron chi connectivity index (χ2n) is 7.23. The second kappa shape index (κ2) is 9.50. The number of nitrogens with zero attached hydrogens (tertiary/aromatic N) is 4. The molecule has 0 fully saturated rings. The van der Waals surface area contributed by atoms with Crippen LogP contribution in [0.3, 0.4) is 0 Å². The van der Waals surface area contributed by atoms with Crippen LogP contribution in [-0.2, 0) is 6.18 Å². The Hall–Kier alpha value is -2.96. The SMILES string of the molecule is [CH2-]c1ncc2cc(-c3cc(NC(=O)c4ccnc(C(F)(F)F)c4)ccc3C)c(C)nc2n1.[U]. The fourth-order valence-corrected chi connectivity index (χ4v) is 3.28. The number of benzene rings is 1. The number of aryl methyl sites for hydroxylation is 2. The number of alkyl halides is 3. The molecule has 33 heavy (non-hydrogen) atoms. The van der Waals surface area contributed by atoms with E-state index in [0.717, 1.165) is 40.0 Å². The molecule has 6 nitrogen and oxygen atoms in total. The van der Waals surface area contributed by atoms with Crippen molar-refractivity contribution >= 4 is 22.6 Å². The van der Waals surface area contributed by atoms with E-state index in [2.05, 4.69) is 32.2 Å². The number of aromatic nitrogens is 4. The molecule has 1 aromatic carbocycles. The number of carbonyl (C=O) groups excluding carboxylic acids is 1. The van der Waals surface area contributed by atoms with E-state index in [1.807, 2.05) is 26.0 Å². The van der Waals surface area contributed by atoms with Crippen molar-refractivity contribution in [2.24, 2.45) is 0 Å². The molecular weight excluding hydrogens is 657 g/mol. The summed E-state index contributed by atoms with van der Waals surface area (Å²) in [6, 6.07) is 9.12. The largest absolute Gasteiger partial charge is 0.433 e. The van der Waals surface area contributed by atoms with Gasteiger partial charge in [0, 0.05) is 71.4 Å². The van der Waals surface area contributed by atoms with Gasteiger partial charge in [-0.25, -0.2) is 9.97 Å². The summed E-state index contributed by atoms with van der Waals surface area (Å²) >= 11 is 0. The summed E-state index contributed by atoms with van der Waals surface area (Å²) in [5.41, 5.74) is 3.01. The molecule has 0 saturated carbocycles. The second-order valence-corrected chi connectivity index (χ2v) is 7.23. The maximum absolute atomic E-state index is 12.9. The first-order valence-electron chi connectivity index (χ1n) is 9.54. The molecule has 0 radical (unpaired) electrons. The van der Waals surface area contributed by atoms with Crippen LogP contribution in [0.1, 0.15) is 33.1 Å². The molecule has 0 bridgehead atoms. The van der Waals surface area contributed by atoms with Crippen LogP contribution >= 0.6 is 0 Å². The monoisotopic (exact) mass is 674 g/mol. The number of hydrogen-bond donors (Lipinski definition) is 1. The van der Waals surface area contributed by atoms with Gasteiger partial charge in [0.05, 0.1) is 0 Å². The fourth-order valence-electron chi connectivity index (χ4n) is 3.28. The number of nitrogens with one attached hydrogen (secondary N) is 1. The normalized spacial score (nSPS) is 11.2. The number of amides is 1. The Labute approximate surface area is 211 Å². The molecule has 3 aromatic heterocycles. The van der Waals surface area contributed by atoms with E-state index < -0.39 is 17.8 Å². The smallest absolute Gasteiger partial charge is 0.338 e. The minimum atomic E-state index is -4.63. The number of halogens is 3. The van der Waals surface area contributed by atoms with Gasteiger partial charge in [-0.15, -0.1) is 0 Å². The predicted molar refractivity (Wildman–Crippen MR) is 114 cm³/mol. The minimum Gasteiger partial charge on any atom is -0.338 e. The molecule has 4 aromatic rings. The van der Waals surface area contributed by atoms with Crippen molar-refractivity contribution in [3.8, 4) is 11.1 Å². The van der Waals surface area contributed by atoms with Gasteiger partial charge in [-0.2, -0.15) is 13.2 Å². The topological polar surface area (TPSA) is 80.7 Å². The molecule has 3 heterocycles. The molecule has 0 aliphatic heterocycles. The van der Waals surface area contributed by atoms with E-state index >= 15 is 0 Å². The zero-order valence-corrected chi connectivity index (χ0v) is 21.8. The molecule has 1 amide bonds. The molecule has 1 N–H and O–H groups in total. The number of pyridine rings is 2. The number of carbonyl (C=O) groups is 1. The van der Waals surface area contributed by atoms with Crippen molar-refractivity contribution < 1.29 is 49.1 Å². The fraction of sp³-hybridized carbons (Fsp3) is 0.130. The molecule has 0 spiro atoms. The van der Waals surface area contributed by atoms with Gasteiger partial charge in [0.1, 0.15) is 5.69 Å². The standard InChI is InChI=1S/C23H17F3N5O.U/c1-12-4-5-17(31-22(32)15-6-7-27-20(9-15)23(24,25)26)10-18(12)19-8-16-11-28-14(3)30-21(16)29-13(19)2;/h4-11H,3H2,1-2H3,(H,31,32);/q-1;. The summed E-state index contributed by atoms with van der Waals surface area (Å²) in [7, 11) is 0. The van der Waals surface area contributed by atoms with Crippen LogP contribution < -0.4 is 5.32 Å². The van der Waals surface area contributed by atoms with Crippen molar-refractivity contribution in [2.75, 3.05) is 5.32 Å². The summed E-state index contributed by atoms with van der Waals surface area (Å²) in [5.74, 6) is -0.291. The van der Waals surface area contributed by atoms with E-state index in [4.69, 9.17) is 0 Å². The molecule has 10 heteroatoms. The molecule has 166 valence electrons. The Morgan fingerprint density at radius 3 is 2.48 bits per heavy atom. The van der Waals surface area contributed by atoms with Gasteiger partial charge in [-0.3, -0.25) is 14.8 Å². The molecular formula is C23H17F3N5OU-. The predicted octanol–water partition coefficient (Wildman–Crippen LogP) is 5.16. The summed E-state index contributed by atoms with van der Waals surface area (Å²) < 4.78 is 38.7. The maximum atomic E-state index is 12.9. The summed E-state index contributed by atoms with van der Waals surface area (Å²) in [6.45, 7) is 7.47. The molecule has 0 aliphatic rings. The Kier molecular flexibility index (Phi) is 7.10. The average Bonchev–Trinajstić information content (AvgIpc) is 2.74. The number of rotatable bonds is 3. The van der Waals surface area contributed by atoms with Crippen LogP contribution in [0.25, 0.3) is 22.2 Å². The van der Waals surface area contributed by atoms with Gasteiger partial charge < -0.3 is 12.2 Å². The van der Waals surface area contributed by atoms with Crippen molar-refractivity contribution in [1.82, 2.24) is 19.9 Å². The van der Waals surface area contributed by atoms with Gasteiger partial charge >= 0.3 is 6.18 Å². The minimum absolute atomic E-state index is 0. The maximum Gasteiger partial charge on any atom is 0.433 e.